The topological polar surface area (TPSA) is 36.2 Å². The first-order chi connectivity index (χ1) is 3.39. The highest BCUT2D eigenvalue weighted by atomic mass is 14.7. The largest absolute Gasteiger partial charge is 0.308 e. The Hall–Kier alpha value is -0.660. The van der Waals surface area contributed by atoms with Crippen LogP contribution >= 0.6 is 0 Å². The summed E-state index contributed by atoms with van der Waals surface area (Å²) >= 11 is 0. The van der Waals surface area contributed by atoms with E-state index >= 15 is 0 Å². The molecule has 0 aliphatic carbocycles. The van der Waals surface area contributed by atoms with E-state index in [2.05, 4.69) is 4.99 Å². The van der Waals surface area contributed by atoms with Crippen molar-refractivity contribution >= 4 is 11.9 Å². The van der Waals surface area contributed by atoms with Gasteiger partial charge in [0.1, 0.15) is 0 Å². The SMILES string of the molecule is N=C1CCC=NC1. The van der Waals surface area contributed by atoms with Crippen molar-refractivity contribution in [1.29, 1.82) is 5.41 Å². The molecule has 2 nitrogen and oxygen atoms in total. The monoisotopic (exact) mass is 96.1 g/mol. The highest BCUT2D eigenvalue weighted by Crippen LogP contribution is 1.94. The Bertz CT molecular complexity index is 105. The second kappa shape index (κ2) is 1.87. The van der Waals surface area contributed by atoms with E-state index in [0.29, 0.717) is 6.54 Å². The predicted molar refractivity (Wildman–Crippen MR) is 30.3 cm³/mol. The summed E-state index contributed by atoms with van der Waals surface area (Å²) in [6, 6.07) is 0. The van der Waals surface area contributed by atoms with E-state index in [1.54, 1.807) is 0 Å². The van der Waals surface area contributed by atoms with Gasteiger partial charge in [-0.05, 0) is 19.1 Å². The zero-order chi connectivity index (χ0) is 5.11. The van der Waals surface area contributed by atoms with E-state index < -0.39 is 0 Å². The van der Waals surface area contributed by atoms with Crippen molar-refractivity contribution in [2.45, 2.75) is 12.8 Å². The molecule has 0 unspecified atom stereocenters. The fourth-order valence-corrected chi connectivity index (χ4v) is 0.584. The van der Waals surface area contributed by atoms with Crippen LogP contribution in [0.5, 0.6) is 0 Å². The molecule has 1 aliphatic rings. The van der Waals surface area contributed by atoms with Gasteiger partial charge >= 0.3 is 0 Å². The molecule has 1 aliphatic heterocycles. The van der Waals surface area contributed by atoms with E-state index in [0.717, 1.165) is 18.6 Å². The van der Waals surface area contributed by atoms with Crippen molar-refractivity contribution in [3.05, 3.63) is 0 Å². The third-order valence-electron chi connectivity index (χ3n) is 0.986. The Morgan fingerprint density at radius 2 is 2.57 bits per heavy atom. The Kier molecular flexibility index (Phi) is 1.20. The summed E-state index contributed by atoms with van der Waals surface area (Å²) < 4.78 is 0. The molecule has 7 heavy (non-hydrogen) atoms. The summed E-state index contributed by atoms with van der Waals surface area (Å²) in [6.45, 7) is 0.639. The first kappa shape index (κ1) is 4.50. The Morgan fingerprint density at radius 3 is 2.86 bits per heavy atom. The van der Waals surface area contributed by atoms with Crippen LogP contribution in [-0.2, 0) is 0 Å². The van der Waals surface area contributed by atoms with Gasteiger partial charge in [-0.2, -0.15) is 0 Å². The van der Waals surface area contributed by atoms with Crippen LogP contribution in [-0.4, -0.2) is 18.5 Å². The van der Waals surface area contributed by atoms with Crippen molar-refractivity contribution in [2.24, 2.45) is 4.99 Å². The molecule has 1 N–H and O–H groups in total. The minimum atomic E-state index is 0.639. The Labute approximate surface area is 42.8 Å². The van der Waals surface area contributed by atoms with Gasteiger partial charge in [0.25, 0.3) is 0 Å². The maximum atomic E-state index is 7.07. The van der Waals surface area contributed by atoms with Crippen LogP contribution in [0.25, 0.3) is 0 Å². The number of nitrogens with zero attached hydrogens (tertiary/aromatic N) is 1. The van der Waals surface area contributed by atoms with Gasteiger partial charge in [0.05, 0.1) is 6.54 Å². The van der Waals surface area contributed by atoms with Crippen LogP contribution in [0.3, 0.4) is 0 Å². The van der Waals surface area contributed by atoms with Gasteiger partial charge in [-0.15, -0.1) is 0 Å². The van der Waals surface area contributed by atoms with Crippen molar-refractivity contribution in [3.8, 4) is 0 Å². The molecule has 0 bridgehead atoms. The van der Waals surface area contributed by atoms with Crippen molar-refractivity contribution < 1.29 is 0 Å². The van der Waals surface area contributed by atoms with Gasteiger partial charge in [0.2, 0.25) is 0 Å². The highest BCUT2D eigenvalue weighted by Gasteiger charge is 1.96. The van der Waals surface area contributed by atoms with Gasteiger partial charge in [0.15, 0.2) is 0 Å². The van der Waals surface area contributed by atoms with Gasteiger partial charge in [-0.25, -0.2) is 0 Å². The normalized spacial score (nSPS) is 20.3. The van der Waals surface area contributed by atoms with Crippen LogP contribution < -0.4 is 0 Å². The smallest absolute Gasteiger partial charge is 0.0761 e. The second-order valence-electron chi connectivity index (χ2n) is 1.67. The summed E-state index contributed by atoms with van der Waals surface area (Å²) in [4.78, 5) is 3.91. The molecule has 0 fully saturated rings. The van der Waals surface area contributed by atoms with Gasteiger partial charge < -0.3 is 5.41 Å². The molecule has 0 radical (unpaired) electrons. The van der Waals surface area contributed by atoms with Crippen LogP contribution in [0.15, 0.2) is 4.99 Å². The number of rotatable bonds is 0. The first-order valence-electron chi connectivity index (χ1n) is 2.44. The molecule has 0 spiro atoms. The van der Waals surface area contributed by atoms with Crippen LogP contribution in [0.1, 0.15) is 12.8 Å². The third-order valence-corrected chi connectivity index (χ3v) is 0.986. The number of aliphatic imine (C=N–C) groups is 1. The summed E-state index contributed by atoms with van der Waals surface area (Å²) in [5.74, 6) is 0. The molecule has 1 heterocycles. The fraction of sp³-hybridized carbons (Fsp3) is 0.600. The van der Waals surface area contributed by atoms with E-state index in [1.807, 2.05) is 6.21 Å². The van der Waals surface area contributed by atoms with E-state index in [9.17, 15) is 0 Å². The molecule has 2 heteroatoms. The maximum absolute atomic E-state index is 7.07. The van der Waals surface area contributed by atoms with Gasteiger partial charge in [-0.3, -0.25) is 4.99 Å². The van der Waals surface area contributed by atoms with Crippen molar-refractivity contribution in [1.82, 2.24) is 0 Å². The molecule has 0 amide bonds. The second-order valence-corrected chi connectivity index (χ2v) is 1.67. The molecule has 0 aromatic rings. The highest BCUT2D eigenvalue weighted by molar-refractivity contribution is 5.88. The lowest BCUT2D eigenvalue weighted by Gasteiger charge is -2.00. The number of hydrogen-bond donors (Lipinski definition) is 1. The van der Waals surface area contributed by atoms with Crippen LogP contribution in [0.4, 0.5) is 0 Å². The molecule has 0 saturated carbocycles. The third kappa shape index (κ3) is 1.11. The van der Waals surface area contributed by atoms with Gasteiger partial charge in [-0.1, -0.05) is 0 Å². The standard InChI is InChI=1S/C5H8N2/c6-5-2-1-3-7-4-5/h3,6H,1-2,4H2. The van der Waals surface area contributed by atoms with Gasteiger partial charge in [0, 0.05) is 5.71 Å². The summed E-state index contributed by atoms with van der Waals surface area (Å²) in [5.41, 5.74) is 0.766. The zero-order valence-corrected chi connectivity index (χ0v) is 4.15. The maximum Gasteiger partial charge on any atom is 0.0761 e. The number of nitrogens with one attached hydrogen (secondary N) is 1. The van der Waals surface area contributed by atoms with E-state index in [-0.39, 0.29) is 0 Å². The summed E-state index contributed by atoms with van der Waals surface area (Å²) in [5, 5.41) is 7.07. The molecule has 0 atom stereocenters. The number of hydrogen-bond acceptors (Lipinski definition) is 2. The Morgan fingerprint density at radius 1 is 1.71 bits per heavy atom. The van der Waals surface area contributed by atoms with Crippen LogP contribution in [0, 0.1) is 5.41 Å². The summed E-state index contributed by atoms with van der Waals surface area (Å²) in [6.07, 6.45) is 3.78. The lowest BCUT2D eigenvalue weighted by atomic mass is 10.2. The van der Waals surface area contributed by atoms with E-state index in [4.69, 9.17) is 5.41 Å². The minimum absolute atomic E-state index is 0.639. The average Bonchev–Trinajstić information content (AvgIpc) is 1.69. The Balaban J connectivity index is 2.47. The molecule has 0 aromatic heterocycles. The lowest BCUT2D eigenvalue weighted by Crippen LogP contribution is -2.05. The first-order valence-corrected chi connectivity index (χ1v) is 2.44. The fourth-order valence-electron chi connectivity index (χ4n) is 0.584. The molecular formula is C5H8N2. The molecule has 38 valence electrons. The molecule has 1 rings (SSSR count). The van der Waals surface area contributed by atoms with Crippen LogP contribution in [0.2, 0.25) is 0 Å². The summed E-state index contributed by atoms with van der Waals surface area (Å²) in [7, 11) is 0. The lowest BCUT2D eigenvalue weighted by molar-refractivity contribution is 1.04. The van der Waals surface area contributed by atoms with Crippen molar-refractivity contribution in [2.75, 3.05) is 6.54 Å². The van der Waals surface area contributed by atoms with E-state index in [1.165, 1.54) is 0 Å². The zero-order valence-electron chi connectivity index (χ0n) is 4.15. The molecule has 0 saturated heterocycles. The molecule has 0 aromatic carbocycles. The molecular weight excluding hydrogens is 88.1 g/mol. The minimum Gasteiger partial charge on any atom is -0.308 e. The van der Waals surface area contributed by atoms with Crippen molar-refractivity contribution in [3.63, 3.8) is 0 Å². The predicted octanol–water partition coefficient (Wildman–Crippen LogP) is 0.871. The quantitative estimate of drug-likeness (QED) is 0.464. The average molecular weight is 96.1 g/mol.